The highest BCUT2D eigenvalue weighted by molar-refractivity contribution is 5.43. The Balaban J connectivity index is 1.18. The van der Waals surface area contributed by atoms with Crippen LogP contribution < -0.4 is 14.2 Å². The van der Waals surface area contributed by atoms with E-state index in [0.717, 1.165) is 41.7 Å². The van der Waals surface area contributed by atoms with E-state index >= 15 is 0 Å². The maximum Gasteiger partial charge on any atom is 0.122 e. The minimum Gasteiger partial charge on any atom is -0.508 e. The third kappa shape index (κ3) is 11.5. The molecule has 4 rings (SSSR count). The monoisotopic (exact) mass is 686 g/mol. The molecule has 8 heteroatoms. The van der Waals surface area contributed by atoms with Crippen LogP contribution >= 0.6 is 0 Å². The first kappa shape index (κ1) is 38.7. The topological polar surface area (TPSA) is 107 Å². The zero-order valence-electron chi connectivity index (χ0n) is 30.1. The van der Waals surface area contributed by atoms with Gasteiger partial charge in [0.05, 0.1) is 19.8 Å². The molecule has 0 saturated heterocycles. The average molecular weight is 687 g/mol. The summed E-state index contributed by atoms with van der Waals surface area (Å²) in [4.78, 5) is 0. The van der Waals surface area contributed by atoms with Crippen LogP contribution in [0, 0.1) is 0 Å². The summed E-state index contributed by atoms with van der Waals surface area (Å²) in [5.74, 6) is 2.27. The lowest BCUT2D eigenvalue weighted by Crippen LogP contribution is -2.25. The molecule has 3 N–H and O–H groups in total. The van der Waals surface area contributed by atoms with Crippen LogP contribution in [-0.2, 0) is 20.3 Å². The molecule has 0 aliphatic carbocycles. The molecule has 0 heterocycles. The van der Waals surface area contributed by atoms with Crippen molar-refractivity contribution < 1.29 is 39.0 Å². The maximum atomic E-state index is 10.5. The summed E-state index contributed by atoms with van der Waals surface area (Å²) in [5, 5.41) is 30.3. The van der Waals surface area contributed by atoms with Crippen LogP contribution in [0.4, 0.5) is 0 Å². The zero-order chi connectivity index (χ0) is 36.0. The summed E-state index contributed by atoms with van der Waals surface area (Å²) in [5.41, 5.74) is 3.94. The summed E-state index contributed by atoms with van der Waals surface area (Å²) in [7, 11) is 0. The standard InChI is InChI=1S/C42H54O8/c1-6-7-24-46-25-26-47-27-36(44)28-48-38-18-12-33(13-19-38)42(4,5)34-14-22-40(23-15-34)50-30-37(45)29-49-39-20-10-32(11-21-39)41(2,3)31-8-16-35(43)17-9-31/h8-23,36-37,43-45H,6-7,24-30H2,1-5H3. The lowest BCUT2D eigenvalue weighted by atomic mass is 9.78. The number of phenols is 1. The molecular weight excluding hydrogens is 632 g/mol. The molecule has 0 saturated carbocycles. The van der Waals surface area contributed by atoms with Gasteiger partial charge in [-0.3, -0.25) is 0 Å². The molecule has 2 atom stereocenters. The third-order valence-electron chi connectivity index (χ3n) is 8.97. The summed E-state index contributed by atoms with van der Waals surface area (Å²) >= 11 is 0. The second-order valence-corrected chi connectivity index (χ2v) is 13.7. The van der Waals surface area contributed by atoms with Crippen LogP contribution in [0.5, 0.6) is 23.0 Å². The van der Waals surface area contributed by atoms with E-state index in [4.69, 9.17) is 23.7 Å². The van der Waals surface area contributed by atoms with Crippen molar-refractivity contribution in [1.29, 1.82) is 0 Å². The van der Waals surface area contributed by atoms with Gasteiger partial charge in [-0.05, 0) is 77.2 Å². The van der Waals surface area contributed by atoms with Crippen LogP contribution in [0.2, 0.25) is 0 Å². The highest BCUT2D eigenvalue weighted by Gasteiger charge is 2.24. The van der Waals surface area contributed by atoms with Crippen molar-refractivity contribution in [2.24, 2.45) is 0 Å². The Bertz CT molecular complexity index is 1530. The third-order valence-corrected chi connectivity index (χ3v) is 8.97. The second kappa shape index (κ2) is 18.8. The largest absolute Gasteiger partial charge is 0.508 e. The van der Waals surface area contributed by atoms with Crippen molar-refractivity contribution in [2.75, 3.05) is 46.2 Å². The van der Waals surface area contributed by atoms with E-state index in [1.807, 2.05) is 84.9 Å². The van der Waals surface area contributed by atoms with Crippen LogP contribution in [0.15, 0.2) is 97.1 Å². The molecule has 0 spiro atoms. The molecule has 4 aromatic carbocycles. The predicted octanol–water partition coefficient (Wildman–Crippen LogP) is 7.44. The van der Waals surface area contributed by atoms with Gasteiger partial charge < -0.3 is 39.0 Å². The van der Waals surface area contributed by atoms with Crippen molar-refractivity contribution in [1.82, 2.24) is 0 Å². The molecule has 0 bridgehead atoms. The molecule has 0 aliphatic rings. The van der Waals surface area contributed by atoms with Gasteiger partial charge in [0.25, 0.3) is 0 Å². The van der Waals surface area contributed by atoms with E-state index in [2.05, 4.69) is 34.6 Å². The van der Waals surface area contributed by atoms with E-state index in [1.165, 1.54) is 0 Å². The molecule has 50 heavy (non-hydrogen) atoms. The number of aliphatic hydroxyl groups is 2. The van der Waals surface area contributed by atoms with Gasteiger partial charge >= 0.3 is 0 Å². The number of ether oxygens (including phenoxy) is 5. The molecule has 0 amide bonds. The smallest absolute Gasteiger partial charge is 0.122 e. The van der Waals surface area contributed by atoms with Crippen LogP contribution in [-0.4, -0.2) is 73.8 Å². The van der Waals surface area contributed by atoms with Gasteiger partial charge in [-0.2, -0.15) is 0 Å². The Kier molecular flexibility index (Phi) is 14.5. The van der Waals surface area contributed by atoms with Crippen molar-refractivity contribution in [3.8, 4) is 23.0 Å². The minimum absolute atomic E-state index is 0.102. The number of phenolic OH excluding ortho intramolecular Hbond substituents is 1. The Labute approximate surface area is 297 Å². The van der Waals surface area contributed by atoms with Crippen molar-refractivity contribution in [2.45, 2.75) is 70.5 Å². The molecule has 270 valence electrons. The molecule has 0 aliphatic heterocycles. The fourth-order valence-electron chi connectivity index (χ4n) is 5.47. The molecule has 0 fully saturated rings. The van der Waals surface area contributed by atoms with Gasteiger partial charge in [0.2, 0.25) is 0 Å². The number of hydrogen-bond donors (Lipinski definition) is 3. The normalized spacial score (nSPS) is 13.1. The number of aromatic hydroxyl groups is 1. The van der Waals surface area contributed by atoms with E-state index in [0.29, 0.717) is 30.5 Å². The van der Waals surface area contributed by atoms with Gasteiger partial charge in [0, 0.05) is 17.4 Å². The number of hydrogen-bond acceptors (Lipinski definition) is 8. The summed E-state index contributed by atoms with van der Waals surface area (Å²) in [6, 6.07) is 30.9. The van der Waals surface area contributed by atoms with E-state index < -0.39 is 12.2 Å². The van der Waals surface area contributed by atoms with E-state index in [-0.39, 0.29) is 43.0 Å². The van der Waals surface area contributed by atoms with Crippen LogP contribution in [0.1, 0.15) is 69.7 Å². The number of aliphatic hydroxyl groups excluding tert-OH is 2. The number of rotatable bonds is 21. The van der Waals surface area contributed by atoms with Crippen LogP contribution in [0.3, 0.4) is 0 Å². The molecule has 8 nitrogen and oxygen atoms in total. The Morgan fingerprint density at radius 1 is 0.480 bits per heavy atom. The molecule has 2 unspecified atom stereocenters. The quantitative estimate of drug-likeness (QED) is 0.0778. The van der Waals surface area contributed by atoms with Crippen molar-refractivity contribution >= 4 is 0 Å². The minimum atomic E-state index is -0.802. The fourth-order valence-corrected chi connectivity index (χ4v) is 5.47. The number of unbranched alkanes of at least 4 members (excludes halogenated alkanes) is 1. The van der Waals surface area contributed by atoms with Crippen LogP contribution in [0.25, 0.3) is 0 Å². The first-order valence-electron chi connectivity index (χ1n) is 17.5. The first-order chi connectivity index (χ1) is 24.0. The highest BCUT2D eigenvalue weighted by atomic mass is 16.5. The molecule has 0 aromatic heterocycles. The Hall–Kier alpha value is -4.08. The SMILES string of the molecule is CCCCOCCOCC(O)COc1ccc(C(C)(C)c2ccc(OCC(O)COc3ccc(C(C)(C)c4ccc(O)cc4)cc3)cc2)cc1. The highest BCUT2D eigenvalue weighted by Crippen LogP contribution is 2.34. The van der Waals surface area contributed by atoms with Gasteiger partial charge in [-0.15, -0.1) is 0 Å². The second-order valence-electron chi connectivity index (χ2n) is 13.7. The molecular formula is C42H54O8. The maximum absolute atomic E-state index is 10.5. The summed E-state index contributed by atoms with van der Waals surface area (Å²) < 4.78 is 28.4. The van der Waals surface area contributed by atoms with Gasteiger partial charge in [-0.25, -0.2) is 0 Å². The zero-order valence-corrected chi connectivity index (χ0v) is 30.1. The fraction of sp³-hybridized carbons (Fsp3) is 0.429. The van der Waals surface area contributed by atoms with Crippen molar-refractivity contribution in [3.05, 3.63) is 119 Å². The van der Waals surface area contributed by atoms with Crippen molar-refractivity contribution in [3.63, 3.8) is 0 Å². The lowest BCUT2D eigenvalue weighted by molar-refractivity contribution is -0.0111. The van der Waals surface area contributed by atoms with Gasteiger partial charge in [0.1, 0.15) is 55.0 Å². The van der Waals surface area contributed by atoms with E-state index in [1.54, 1.807) is 12.1 Å². The van der Waals surface area contributed by atoms with Gasteiger partial charge in [0.15, 0.2) is 0 Å². The van der Waals surface area contributed by atoms with Gasteiger partial charge in [-0.1, -0.05) is 89.6 Å². The summed E-state index contributed by atoms with van der Waals surface area (Å²) in [6.45, 7) is 13.0. The molecule has 4 aromatic rings. The Morgan fingerprint density at radius 3 is 1.20 bits per heavy atom. The number of benzene rings is 4. The lowest BCUT2D eigenvalue weighted by Gasteiger charge is -2.26. The first-order valence-corrected chi connectivity index (χ1v) is 17.5. The Morgan fingerprint density at radius 2 is 0.820 bits per heavy atom. The average Bonchev–Trinajstić information content (AvgIpc) is 3.12. The summed E-state index contributed by atoms with van der Waals surface area (Å²) in [6.07, 6.45) is 0.624. The molecule has 0 radical (unpaired) electrons. The predicted molar refractivity (Wildman–Crippen MR) is 197 cm³/mol. The van der Waals surface area contributed by atoms with E-state index in [9.17, 15) is 15.3 Å².